The van der Waals surface area contributed by atoms with E-state index in [-0.39, 0.29) is 22.9 Å². The normalized spacial score (nSPS) is 16.6. The van der Waals surface area contributed by atoms with Crippen LogP contribution in [0.5, 0.6) is 0 Å². The fourth-order valence-corrected chi connectivity index (χ4v) is 3.81. The summed E-state index contributed by atoms with van der Waals surface area (Å²) in [5.74, 6) is 0.782. The molecule has 0 radical (unpaired) electrons. The molecule has 1 aliphatic rings. The van der Waals surface area contributed by atoms with Crippen LogP contribution >= 0.6 is 0 Å². The average molecular weight is 403 g/mol. The summed E-state index contributed by atoms with van der Waals surface area (Å²) < 4.78 is 37.1. The van der Waals surface area contributed by atoms with Gasteiger partial charge in [-0.05, 0) is 30.9 Å². The van der Waals surface area contributed by atoms with Crippen molar-refractivity contribution in [2.24, 2.45) is 0 Å². The number of halogens is 1. The number of benzene rings is 1. The zero-order valence-corrected chi connectivity index (χ0v) is 16.8. The molecule has 9 heteroatoms. The lowest BCUT2D eigenvalue weighted by Crippen LogP contribution is -2.24. The maximum Gasteiger partial charge on any atom is 0.279 e. The molecule has 7 nitrogen and oxygen atoms in total. The van der Waals surface area contributed by atoms with E-state index >= 15 is 0 Å². The van der Waals surface area contributed by atoms with Gasteiger partial charge in [-0.2, -0.15) is 9.50 Å². The molecular formula is C19H22FN5O2S. The van der Waals surface area contributed by atoms with E-state index in [0.717, 1.165) is 18.9 Å². The van der Waals surface area contributed by atoms with E-state index in [9.17, 15) is 13.4 Å². The average Bonchev–Trinajstić information content (AvgIpc) is 3.36. The summed E-state index contributed by atoms with van der Waals surface area (Å²) in [6, 6.07) is 4.19. The number of nitrogens with zero attached hydrogens (tertiary/aromatic N) is 4. The number of rotatable bonds is 5. The van der Waals surface area contributed by atoms with Gasteiger partial charge < -0.3 is 4.57 Å². The second kappa shape index (κ2) is 6.51. The standard InChI is InChI=1S/C19H22FN5O2S/c1-11(2)15-10-24(9-13-6-7-14(8-16(13)20)28(3,21)27)19-22-17(12-4-5-12)23-25(19)18(15)26/h6-8,10-12,21H,4-5,9H2,1-3H3. The molecule has 4 rings (SSSR count). The van der Waals surface area contributed by atoms with Crippen LogP contribution in [-0.2, 0) is 16.3 Å². The van der Waals surface area contributed by atoms with Crippen LogP contribution in [0, 0.1) is 10.6 Å². The van der Waals surface area contributed by atoms with Crippen molar-refractivity contribution in [1.29, 1.82) is 4.78 Å². The number of fused-ring (bicyclic) bond motifs is 1. The third-order valence-electron chi connectivity index (χ3n) is 4.98. The van der Waals surface area contributed by atoms with Crippen molar-refractivity contribution in [2.45, 2.75) is 50.0 Å². The molecule has 1 fully saturated rings. The molecule has 1 aromatic carbocycles. The molecule has 0 saturated heterocycles. The van der Waals surface area contributed by atoms with Crippen LogP contribution in [0.2, 0.25) is 0 Å². The Kier molecular flexibility index (Phi) is 4.37. The van der Waals surface area contributed by atoms with E-state index in [1.165, 1.54) is 22.9 Å². The zero-order chi connectivity index (χ0) is 20.2. The molecule has 28 heavy (non-hydrogen) atoms. The molecule has 3 aromatic rings. The SMILES string of the molecule is CC(C)c1cn(Cc2ccc(S(C)(=N)=O)cc2F)c2nc(C3CC3)nn2c1=O. The summed E-state index contributed by atoms with van der Waals surface area (Å²) in [6.45, 7) is 4.00. The van der Waals surface area contributed by atoms with Crippen LogP contribution in [-0.4, -0.2) is 29.6 Å². The molecule has 0 bridgehead atoms. The predicted octanol–water partition coefficient (Wildman–Crippen LogP) is 3.11. The first-order valence-electron chi connectivity index (χ1n) is 9.17. The van der Waals surface area contributed by atoms with Crippen molar-refractivity contribution < 1.29 is 8.60 Å². The van der Waals surface area contributed by atoms with Crippen LogP contribution in [0.1, 0.15) is 55.5 Å². The van der Waals surface area contributed by atoms with Crippen molar-refractivity contribution in [1.82, 2.24) is 19.2 Å². The molecule has 1 aliphatic carbocycles. The fourth-order valence-electron chi connectivity index (χ4n) is 3.15. The Labute approximate surface area is 162 Å². The third kappa shape index (κ3) is 3.34. The molecular weight excluding hydrogens is 381 g/mol. The lowest BCUT2D eigenvalue weighted by Gasteiger charge is -2.13. The Morgan fingerprint density at radius 1 is 1.36 bits per heavy atom. The Hall–Kier alpha value is -2.55. The van der Waals surface area contributed by atoms with Crippen molar-refractivity contribution in [3.63, 3.8) is 0 Å². The Balaban J connectivity index is 1.84. The number of hydrogen-bond donors (Lipinski definition) is 1. The van der Waals surface area contributed by atoms with Gasteiger partial charge in [-0.25, -0.2) is 13.4 Å². The summed E-state index contributed by atoms with van der Waals surface area (Å²) in [7, 11) is -2.99. The zero-order valence-electron chi connectivity index (χ0n) is 16.0. The van der Waals surface area contributed by atoms with Crippen molar-refractivity contribution in [2.75, 3.05) is 6.26 Å². The van der Waals surface area contributed by atoms with Gasteiger partial charge in [0.25, 0.3) is 5.56 Å². The van der Waals surface area contributed by atoms with Gasteiger partial charge in [0.1, 0.15) is 5.82 Å². The van der Waals surface area contributed by atoms with E-state index in [2.05, 4.69) is 10.1 Å². The van der Waals surface area contributed by atoms with Gasteiger partial charge in [0.05, 0.1) is 16.3 Å². The molecule has 1 N–H and O–H groups in total. The summed E-state index contributed by atoms with van der Waals surface area (Å²) >= 11 is 0. The minimum absolute atomic E-state index is 0.0166. The van der Waals surface area contributed by atoms with Gasteiger partial charge in [-0.1, -0.05) is 19.9 Å². The highest BCUT2D eigenvalue weighted by molar-refractivity contribution is 7.91. The molecule has 1 atom stereocenters. The van der Waals surface area contributed by atoms with Gasteiger partial charge in [-0.15, -0.1) is 5.10 Å². The predicted molar refractivity (Wildman–Crippen MR) is 104 cm³/mol. The second-order valence-corrected chi connectivity index (χ2v) is 9.88. The lowest BCUT2D eigenvalue weighted by molar-refractivity contribution is 0.592. The molecule has 0 aliphatic heterocycles. The van der Waals surface area contributed by atoms with Crippen molar-refractivity contribution >= 4 is 15.5 Å². The summed E-state index contributed by atoms with van der Waals surface area (Å²) in [5.41, 5.74) is 0.750. The molecule has 148 valence electrons. The number of hydrogen-bond acceptors (Lipinski definition) is 5. The van der Waals surface area contributed by atoms with E-state index in [0.29, 0.717) is 28.6 Å². The monoisotopic (exact) mass is 403 g/mol. The Morgan fingerprint density at radius 3 is 2.64 bits per heavy atom. The van der Waals surface area contributed by atoms with Gasteiger partial charge in [0.15, 0.2) is 5.82 Å². The first-order valence-corrected chi connectivity index (χ1v) is 11.1. The van der Waals surface area contributed by atoms with Crippen LogP contribution in [0.15, 0.2) is 34.1 Å². The highest BCUT2D eigenvalue weighted by Crippen LogP contribution is 2.38. The van der Waals surface area contributed by atoms with E-state index in [1.54, 1.807) is 10.8 Å². The molecule has 2 heterocycles. The first kappa shape index (κ1) is 18.8. The minimum Gasteiger partial charge on any atom is -0.312 e. The highest BCUT2D eigenvalue weighted by Gasteiger charge is 2.29. The largest absolute Gasteiger partial charge is 0.312 e. The molecule has 1 unspecified atom stereocenters. The molecule has 1 saturated carbocycles. The van der Waals surface area contributed by atoms with Gasteiger partial charge >= 0.3 is 0 Å². The fraction of sp³-hybridized carbons (Fsp3) is 0.421. The quantitative estimate of drug-likeness (QED) is 0.708. The molecule has 0 spiro atoms. The van der Waals surface area contributed by atoms with Gasteiger partial charge in [0, 0.05) is 34.4 Å². The van der Waals surface area contributed by atoms with E-state index in [1.807, 2.05) is 13.8 Å². The van der Waals surface area contributed by atoms with Crippen LogP contribution in [0.25, 0.3) is 5.78 Å². The number of aromatic nitrogens is 4. The molecule has 2 aromatic heterocycles. The molecule has 0 amide bonds. The third-order valence-corrected chi connectivity index (χ3v) is 6.13. The van der Waals surface area contributed by atoms with Crippen molar-refractivity contribution in [3.8, 4) is 0 Å². The summed E-state index contributed by atoms with van der Waals surface area (Å²) in [5, 5.41) is 4.40. The van der Waals surface area contributed by atoms with E-state index in [4.69, 9.17) is 4.78 Å². The Bertz CT molecular complexity index is 1240. The second-order valence-electron chi connectivity index (χ2n) is 7.73. The maximum absolute atomic E-state index is 14.6. The maximum atomic E-state index is 14.6. The van der Waals surface area contributed by atoms with Crippen LogP contribution in [0.4, 0.5) is 4.39 Å². The first-order chi connectivity index (χ1) is 13.1. The van der Waals surface area contributed by atoms with Gasteiger partial charge in [0.2, 0.25) is 5.78 Å². The smallest absolute Gasteiger partial charge is 0.279 e. The van der Waals surface area contributed by atoms with Crippen LogP contribution in [0.3, 0.4) is 0 Å². The number of nitrogens with one attached hydrogen (secondary N) is 1. The topological polar surface area (TPSA) is 93.1 Å². The van der Waals surface area contributed by atoms with Gasteiger partial charge in [-0.3, -0.25) is 4.79 Å². The van der Waals surface area contributed by atoms with E-state index < -0.39 is 15.5 Å². The lowest BCUT2D eigenvalue weighted by atomic mass is 10.1. The van der Waals surface area contributed by atoms with Crippen molar-refractivity contribution in [3.05, 3.63) is 57.5 Å². The Morgan fingerprint density at radius 2 is 2.07 bits per heavy atom. The summed E-state index contributed by atoms with van der Waals surface area (Å²) in [6.07, 6.45) is 5.01. The summed E-state index contributed by atoms with van der Waals surface area (Å²) in [4.78, 5) is 17.5. The minimum atomic E-state index is -2.99. The van der Waals surface area contributed by atoms with Crippen LogP contribution < -0.4 is 5.56 Å². The highest BCUT2D eigenvalue weighted by atomic mass is 32.2.